The zero-order valence-electron chi connectivity index (χ0n) is 7.32. The van der Waals surface area contributed by atoms with Crippen molar-refractivity contribution in [2.24, 2.45) is 5.73 Å². The Morgan fingerprint density at radius 3 is 2.50 bits per heavy atom. The van der Waals surface area contributed by atoms with Crippen molar-refractivity contribution in [3.05, 3.63) is 0 Å². The van der Waals surface area contributed by atoms with Crippen molar-refractivity contribution >= 4 is 5.97 Å². The van der Waals surface area contributed by atoms with Crippen LogP contribution < -0.4 is 5.73 Å². The average molecular weight is 177 g/mol. The Bertz CT molecular complexity index is 139. The predicted molar refractivity (Wildman–Crippen MR) is 42.9 cm³/mol. The molecule has 0 aromatic heterocycles. The molecule has 0 fully saturated rings. The molecule has 0 spiro atoms. The Morgan fingerprint density at radius 1 is 1.58 bits per heavy atom. The first-order valence-electron chi connectivity index (χ1n) is 3.62. The molecule has 0 amide bonds. The molecule has 5 heteroatoms. The van der Waals surface area contributed by atoms with Gasteiger partial charge >= 0.3 is 5.97 Å². The first kappa shape index (κ1) is 11.4. The van der Waals surface area contributed by atoms with Crippen molar-refractivity contribution in [1.29, 1.82) is 0 Å². The summed E-state index contributed by atoms with van der Waals surface area (Å²) < 4.78 is 9.75. The molecule has 0 radical (unpaired) electrons. The van der Waals surface area contributed by atoms with Gasteiger partial charge in [-0.25, -0.2) is 0 Å². The van der Waals surface area contributed by atoms with Gasteiger partial charge in [0.2, 0.25) is 0 Å². The third kappa shape index (κ3) is 4.27. The zero-order chi connectivity index (χ0) is 9.56. The molecule has 3 N–H and O–H groups in total. The third-order valence-corrected chi connectivity index (χ3v) is 1.52. The molecule has 1 unspecified atom stereocenters. The number of carboxylic acid groups (broad SMARTS) is 1. The van der Waals surface area contributed by atoms with Crippen LogP contribution >= 0.6 is 0 Å². The summed E-state index contributed by atoms with van der Waals surface area (Å²) in [5, 5.41) is 8.47. The molecule has 0 heterocycles. The lowest BCUT2D eigenvalue weighted by atomic mass is 10.1. The number of hydrogen-bond acceptors (Lipinski definition) is 4. The molecule has 0 aromatic rings. The number of carboxylic acids is 1. The van der Waals surface area contributed by atoms with Crippen LogP contribution in [0.25, 0.3) is 0 Å². The van der Waals surface area contributed by atoms with Crippen molar-refractivity contribution in [2.75, 3.05) is 20.8 Å². The van der Waals surface area contributed by atoms with Crippen molar-refractivity contribution < 1.29 is 19.4 Å². The van der Waals surface area contributed by atoms with Crippen LogP contribution in [0.15, 0.2) is 0 Å². The van der Waals surface area contributed by atoms with E-state index in [1.165, 1.54) is 14.2 Å². The van der Waals surface area contributed by atoms with Crippen molar-refractivity contribution in [3.8, 4) is 0 Å². The second kappa shape index (κ2) is 5.93. The maximum atomic E-state index is 10.3. The largest absolute Gasteiger partial charge is 0.480 e. The van der Waals surface area contributed by atoms with Gasteiger partial charge in [0.1, 0.15) is 6.04 Å². The van der Waals surface area contributed by atoms with Crippen molar-refractivity contribution in [3.63, 3.8) is 0 Å². The molecule has 0 bridgehead atoms. The minimum atomic E-state index is -1.02. The Labute approximate surface area is 71.5 Å². The molecule has 12 heavy (non-hydrogen) atoms. The van der Waals surface area contributed by atoms with E-state index in [2.05, 4.69) is 0 Å². The van der Waals surface area contributed by atoms with Gasteiger partial charge in [0.25, 0.3) is 0 Å². The summed E-state index contributed by atoms with van der Waals surface area (Å²) in [6, 6.07) is -0.884. The molecular formula is C7H15NO4. The molecule has 2 atom stereocenters. The maximum absolute atomic E-state index is 10.3. The summed E-state index contributed by atoms with van der Waals surface area (Å²) in [7, 11) is 3.02. The molecule has 0 aromatic carbocycles. The fraction of sp³-hybridized carbons (Fsp3) is 0.857. The molecule has 0 aliphatic heterocycles. The third-order valence-electron chi connectivity index (χ3n) is 1.52. The lowest BCUT2D eigenvalue weighted by Crippen LogP contribution is -2.36. The fourth-order valence-corrected chi connectivity index (χ4v) is 0.802. The Balaban J connectivity index is 3.76. The van der Waals surface area contributed by atoms with Gasteiger partial charge in [0.05, 0.1) is 12.7 Å². The predicted octanol–water partition coefficient (Wildman–Crippen LogP) is -0.550. The lowest BCUT2D eigenvalue weighted by molar-refractivity contribution is -0.139. The molecule has 0 aliphatic rings. The smallest absolute Gasteiger partial charge is 0.320 e. The first-order valence-corrected chi connectivity index (χ1v) is 3.62. The summed E-state index contributed by atoms with van der Waals surface area (Å²) in [6.45, 7) is 0.359. The monoisotopic (exact) mass is 177 g/mol. The highest BCUT2D eigenvalue weighted by atomic mass is 16.5. The molecule has 0 saturated carbocycles. The van der Waals surface area contributed by atoms with E-state index >= 15 is 0 Å². The van der Waals surface area contributed by atoms with Crippen molar-refractivity contribution in [1.82, 2.24) is 0 Å². The second-order valence-corrected chi connectivity index (χ2v) is 2.49. The average Bonchev–Trinajstić information content (AvgIpc) is 2.03. The van der Waals surface area contributed by atoms with Crippen LogP contribution in [-0.2, 0) is 14.3 Å². The SMILES string of the molecule is COCC(C[C@@H](N)C(=O)O)OC. The number of carbonyl (C=O) groups is 1. The van der Waals surface area contributed by atoms with Gasteiger partial charge in [0.15, 0.2) is 0 Å². The number of nitrogens with two attached hydrogens (primary N) is 1. The zero-order valence-corrected chi connectivity index (χ0v) is 7.32. The van der Waals surface area contributed by atoms with Crippen LogP contribution in [0, 0.1) is 0 Å². The lowest BCUT2D eigenvalue weighted by Gasteiger charge is -2.15. The van der Waals surface area contributed by atoms with E-state index < -0.39 is 12.0 Å². The van der Waals surface area contributed by atoms with E-state index in [-0.39, 0.29) is 12.5 Å². The summed E-state index contributed by atoms with van der Waals surface area (Å²) in [5.41, 5.74) is 5.29. The maximum Gasteiger partial charge on any atom is 0.320 e. The molecule has 0 aliphatic carbocycles. The van der Waals surface area contributed by atoms with Crippen LogP contribution in [0.3, 0.4) is 0 Å². The summed E-state index contributed by atoms with van der Waals surface area (Å²) in [4.78, 5) is 10.3. The summed E-state index contributed by atoms with van der Waals surface area (Å²) in [5.74, 6) is -1.02. The molecule has 5 nitrogen and oxygen atoms in total. The summed E-state index contributed by atoms with van der Waals surface area (Å²) >= 11 is 0. The van der Waals surface area contributed by atoms with Gasteiger partial charge in [-0.3, -0.25) is 4.79 Å². The molecule has 72 valence electrons. The quantitative estimate of drug-likeness (QED) is 0.569. The van der Waals surface area contributed by atoms with Crippen molar-refractivity contribution in [2.45, 2.75) is 18.6 Å². The van der Waals surface area contributed by atoms with Crippen LogP contribution in [-0.4, -0.2) is 44.0 Å². The van der Waals surface area contributed by atoms with E-state index in [0.29, 0.717) is 6.61 Å². The van der Waals surface area contributed by atoms with Gasteiger partial charge in [-0.15, -0.1) is 0 Å². The highest BCUT2D eigenvalue weighted by Crippen LogP contribution is 2.00. The minimum Gasteiger partial charge on any atom is -0.480 e. The van der Waals surface area contributed by atoms with E-state index in [9.17, 15) is 4.79 Å². The summed E-state index contributed by atoms with van der Waals surface area (Å²) in [6.07, 6.45) is 0.0146. The number of rotatable bonds is 6. The highest BCUT2D eigenvalue weighted by molar-refractivity contribution is 5.73. The molecule has 0 rings (SSSR count). The highest BCUT2D eigenvalue weighted by Gasteiger charge is 2.17. The van der Waals surface area contributed by atoms with Gasteiger partial charge in [-0.1, -0.05) is 0 Å². The van der Waals surface area contributed by atoms with Gasteiger partial charge in [0, 0.05) is 20.6 Å². The Morgan fingerprint density at radius 2 is 2.17 bits per heavy atom. The normalized spacial score (nSPS) is 15.6. The minimum absolute atomic E-state index is 0.249. The fourth-order valence-electron chi connectivity index (χ4n) is 0.802. The molecule has 0 saturated heterocycles. The van der Waals surface area contributed by atoms with Crippen LogP contribution in [0.1, 0.15) is 6.42 Å². The van der Waals surface area contributed by atoms with E-state index in [1.807, 2.05) is 0 Å². The number of ether oxygens (including phenoxy) is 2. The van der Waals surface area contributed by atoms with E-state index in [0.717, 1.165) is 0 Å². The van der Waals surface area contributed by atoms with Crippen LogP contribution in [0.4, 0.5) is 0 Å². The van der Waals surface area contributed by atoms with Crippen LogP contribution in [0.2, 0.25) is 0 Å². The molecular weight excluding hydrogens is 162 g/mol. The van der Waals surface area contributed by atoms with E-state index in [1.54, 1.807) is 0 Å². The van der Waals surface area contributed by atoms with Gasteiger partial charge < -0.3 is 20.3 Å². The Hall–Kier alpha value is -0.650. The Kier molecular flexibility index (Phi) is 5.61. The topological polar surface area (TPSA) is 81.8 Å². The first-order chi connectivity index (χ1) is 5.61. The number of aliphatic carboxylic acids is 1. The van der Waals surface area contributed by atoms with E-state index in [4.69, 9.17) is 20.3 Å². The standard InChI is InChI=1S/C7H15NO4/c1-11-4-5(12-2)3-6(8)7(9)10/h5-6H,3-4,8H2,1-2H3,(H,9,10)/t5?,6-/m1/s1. The van der Waals surface area contributed by atoms with Gasteiger partial charge in [-0.2, -0.15) is 0 Å². The van der Waals surface area contributed by atoms with Gasteiger partial charge in [-0.05, 0) is 0 Å². The second-order valence-electron chi connectivity index (χ2n) is 2.49. The number of hydrogen-bond donors (Lipinski definition) is 2. The van der Waals surface area contributed by atoms with Crippen LogP contribution in [0.5, 0.6) is 0 Å². The number of methoxy groups -OCH3 is 2.